The van der Waals surface area contributed by atoms with Gasteiger partial charge in [-0.2, -0.15) is 5.10 Å². The van der Waals surface area contributed by atoms with Gasteiger partial charge >= 0.3 is 0 Å². The maximum Gasteiger partial charge on any atom is 0.251 e. The van der Waals surface area contributed by atoms with Crippen LogP contribution in [0.3, 0.4) is 0 Å². The lowest BCUT2D eigenvalue weighted by molar-refractivity contribution is 0.0935. The summed E-state index contributed by atoms with van der Waals surface area (Å²) in [4.78, 5) is 12.8. The number of nitrogens with zero attached hydrogens (tertiary/aromatic N) is 2. The highest BCUT2D eigenvalue weighted by Gasteiger charge is 2.20. The zero-order valence-electron chi connectivity index (χ0n) is 17.5. The average molecular weight is 429 g/mol. The van der Waals surface area contributed by atoms with Crippen LogP contribution >= 0.6 is 0 Å². The van der Waals surface area contributed by atoms with Crippen LogP contribution in [0.5, 0.6) is 5.75 Å². The van der Waals surface area contributed by atoms with Crippen molar-refractivity contribution in [1.29, 1.82) is 0 Å². The first kappa shape index (κ1) is 22.4. The Balaban J connectivity index is 1.71. The van der Waals surface area contributed by atoms with Gasteiger partial charge in [0.05, 0.1) is 18.3 Å². The lowest BCUT2D eigenvalue weighted by Crippen LogP contribution is -2.30. The number of rotatable bonds is 10. The molecule has 1 amide bonds. The molecule has 0 fully saturated rings. The largest absolute Gasteiger partial charge is 0.494 e. The van der Waals surface area contributed by atoms with Crippen LogP contribution in [-0.2, 0) is 18.2 Å². The van der Waals surface area contributed by atoms with Crippen LogP contribution in [0, 0.1) is 11.6 Å². The lowest BCUT2D eigenvalue weighted by Gasteiger charge is -2.18. The predicted octanol–water partition coefficient (Wildman–Crippen LogP) is 3.83. The molecule has 0 bridgehead atoms. The normalized spacial score (nSPS) is 11.9. The Morgan fingerprint density at radius 1 is 1.13 bits per heavy atom. The fraction of sp³-hybridized carbons (Fsp3) is 0.304. The monoisotopic (exact) mass is 429 g/mol. The number of nitrogens with one attached hydrogen (secondary N) is 1. The Morgan fingerprint density at radius 3 is 2.55 bits per heavy atom. The molecule has 1 N–H and O–H groups in total. The standard InChI is InChI=1S/C23H25F2N3O3/c1-28-11-10-21(27-28)22(14-17-4-7-18(24)15-20(17)25)26-23(29)16-5-8-19(9-6-16)31-13-3-12-30-2/h4-11,15,22H,3,12-14H2,1-2H3,(H,26,29). The molecule has 0 saturated heterocycles. The third kappa shape index (κ3) is 6.36. The van der Waals surface area contributed by atoms with E-state index in [4.69, 9.17) is 9.47 Å². The minimum absolute atomic E-state index is 0.134. The molecule has 0 saturated carbocycles. The highest BCUT2D eigenvalue weighted by molar-refractivity contribution is 5.94. The summed E-state index contributed by atoms with van der Waals surface area (Å²) in [6.45, 7) is 1.13. The predicted molar refractivity (Wildman–Crippen MR) is 112 cm³/mol. The van der Waals surface area contributed by atoms with Gasteiger partial charge in [0.2, 0.25) is 0 Å². The first-order chi connectivity index (χ1) is 15.0. The Morgan fingerprint density at radius 2 is 1.90 bits per heavy atom. The molecule has 1 unspecified atom stereocenters. The number of methoxy groups -OCH3 is 1. The molecule has 0 spiro atoms. The van der Waals surface area contributed by atoms with Crippen LogP contribution in [-0.4, -0.2) is 36.0 Å². The molecule has 1 aromatic heterocycles. The van der Waals surface area contributed by atoms with Crippen LogP contribution < -0.4 is 10.1 Å². The van der Waals surface area contributed by atoms with Crippen molar-refractivity contribution < 1.29 is 23.0 Å². The zero-order chi connectivity index (χ0) is 22.2. The second kappa shape index (κ2) is 10.7. The van der Waals surface area contributed by atoms with E-state index in [1.54, 1.807) is 55.4 Å². The molecule has 0 aliphatic heterocycles. The summed E-state index contributed by atoms with van der Waals surface area (Å²) >= 11 is 0. The molecule has 3 aromatic rings. The molecule has 0 radical (unpaired) electrons. The highest BCUT2D eigenvalue weighted by atomic mass is 19.1. The highest BCUT2D eigenvalue weighted by Crippen LogP contribution is 2.21. The van der Waals surface area contributed by atoms with Crippen LogP contribution in [0.4, 0.5) is 8.78 Å². The van der Waals surface area contributed by atoms with E-state index in [2.05, 4.69) is 10.4 Å². The average Bonchev–Trinajstić information content (AvgIpc) is 3.19. The van der Waals surface area contributed by atoms with Gasteiger partial charge in [0.25, 0.3) is 5.91 Å². The van der Waals surface area contributed by atoms with Crippen molar-refractivity contribution in [3.05, 3.63) is 83.2 Å². The molecule has 1 heterocycles. The Labute approximate surface area is 179 Å². The summed E-state index contributed by atoms with van der Waals surface area (Å²) in [5.74, 6) is -0.985. The number of carbonyl (C=O) groups is 1. The molecular formula is C23H25F2N3O3. The number of hydrogen-bond acceptors (Lipinski definition) is 4. The second-order valence-electron chi connectivity index (χ2n) is 7.10. The topological polar surface area (TPSA) is 65.4 Å². The third-order valence-electron chi connectivity index (χ3n) is 4.71. The second-order valence-corrected chi connectivity index (χ2v) is 7.10. The molecule has 2 aromatic carbocycles. The number of ether oxygens (including phenoxy) is 2. The van der Waals surface area contributed by atoms with Crippen LogP contribution in [0.2, 0.25) is 0 Å². The van der Waals surface area contributed by atoms with Crippen LogP contribution in [0.1, 0.15) is 34.1 Å². The van der Waals surface area contributed by atoms with Crippen molar-refractivity contribution in [2.45, 2.75) is 18.9 Å². The quantitative estimate of drug-likeness (QED) is 0.498. The van der Waals surface area contributed by atoms with Gasteiger partial charge in [-0.1, -0.05) is 6.07 Å². The van der Waals surface area contributed by atoms with Gasteiger partial charge in [0, 0.05) is 51.4 Å². The zero-order valence-corrected chi connectivity index (χ0v) is 17.5. The van der Waals surface area contributed by atoms with Crippen molar-refractivity contribution in [2.24, 2.45) is 7.05 Å². The molecule has 0 aliphatic rings. The molecule has 31 heavy (non-hydrogen) atoms. The van der Waals surface area contributed by atoms with Crippen molar-refractivity contribution in [3.63, 3.8) is 0 Å². The van der Waals surface area contributed by atoms with Gasteiger partial charge < -0.3 is 14.8 Å². The molecular weight excluding hydrogens is 404 g/mol. The van der Waals surface area contributed by atoms with E-state index >= 15 is 0 Å². The summed E-state index contributed by atoms with van der Waals surface area (Å²) in [6, 6.07) is 11.3. The smallest absolute Gasteiger partial charge is 0.251 e. The first-order valence-corrected chi connectivity index (χ1v) is 9.92. The van der Waals surface area contributed by atoms with E-state index in [-0.39, 0.29) is 17.9 Å². The molecule has 1 atom stereocenters. The molecule has 0 aliphatic carbocycles. The van der Waals surface area contributed by atoms with Crippen molar-refractivity contribution >= 4 is 5.91 Å². The summed E-state index contributed by atoms with van der Waals surface area (Å²) in [5.41, 5.74) is 1.31. The van der Waals surface area contributed by atoms with Gasteiger partial charge in [-0.25, -0.2) is 8.78 Å². The minimum Gasteiger partial charge on any atom is -0.494 e. The first-order valence-electron chi connectivity index (χ1n) is 9.92. The number of aryl methyl sites for hydroxylation is 1. The maximum absolute atomic E-state index is 14.2. The number of aromatic nitrogens is 2. The minimum atomic E-state index is -0.662. The fourth-order valence-corrected chi connectivity index (χ4v) is 3.09. The van der Waals surface area contributed by atoms with Gasteiger partial charge in [-0.3, -0.25) is 9.48 Å². The molecule has 164 valence electrons. The van der Waals surface area contributed by atoms with E-state index in [0.29, 0.717) is 30.2 Å². The van der Waals surface area contributed by atoms with Crippen LogP contribution in [0.25, 0.3) is 0 Å². The lowest BCUT2D eigenvalue weighted by atomic mass is 10.0. The van der Waals surface area contributed by atoms with Crippen LogP contribution in [0.15, 0.2) is 54.7 Å². The fourth-order valence-electron chi connectivity index (χ4n) is 3.09. The molecule has 3 rings (SSSR count). The summed E-state index contributed by atoms with van der Waals surface area (Å²) in [7, 11) is 3.39. The van der Waals surface area contributed by atoms with E-state index in [1.807, 2.05) is 0 Å². The van der Waals surface area contributed by atoms with Gasteiger partial charge in [-0.15, -0.1) is 0 Å². The SMILES string of the molecule is COCCCOc1ccc(C(=O)NC(Cc2ccc(F)cc2F)c2ccn(C)n2)cc1. The van der Waals surface area contributed by atoms with Gasteiger partial charge in [0.15, 0.2) is 0 Å². The van der Waals surface area contributed by atoms with Gasteiger partial charge in [0.1, 0.15) is 17.4 Å². The third-order valence-corrected chi connectivity index (χ3v) is 4.71. The van der Waals surface area contributed by atoms with E-state index in [1.165, 1.54) is 12.1 Å². The Hall–Kier alpha value is -3.26. The molecule has 8 heteroatoms. The Kier molecular flexibility index (Phi) is 7.72. The number of carbonyl (C=O) groups excluding carboxylic acids is 1. The van der Waals surface area contributed by atoms with E-state index in [0.717, 1.165) is 12.5 Å². The number of benzene rings is 2. The number of amides is 1. The van der Waals surface area contributed by atoms with E-state index in [9.17, 15) is 13.6 Å². The summed E-state index contributed by atoms with van der Waals surface area (Å²) < 4.78 is 39.6. The van der Waals surface area contributed by atoms with E-state index < -0.39 is 17.7 Å². The van der Waals surface area contributed by atoms with Gasteiger partial charge in [-0.05, 0) is 42.0 Å². The van der Waals surface area contributed by atoms with Crippen molar-refractivity contribution in [1.82, 2.24) is 15.1 Å². The number of hydrogen-bond donors (Lipinski definition) is 1. The Bertz CT molecular complexity index is 1010. The summed E-state index contributed by atoms with van der Waals surface area (Å²) in [5, 5.41) is 7.24. The number of halogens is 2. The molecule has 6 nitrogen and oxygen atoms in total. The van der Waals surface area contributed by atoms with Crippen molar-refractivity contribution in [3.8, 4) is 5.75 Å². The maximum atomic E-state index is 14.2. The summed E-state index contributed by atoms with van der Waals surface area (Å²) in [6.07, 6.45) is 2.64. The van der Waals surface area contributed by atoms with Crippen molar-refractivity contribution in [2.75, 3.05) is 20.3 Å².